The van der Waals surface area contributed by atoms with Gasteiger partial charge in [-0.05, 0) is 55.2 Å². The van der Waals surface area contributed by atoms with Crippen molar-refractivity contribution in [2.45, 2.75) is 78.3 Å². The standard InChI is InChI=1S/C28H40N2OS/c1-20(2)28(31)30(25-8-6-5-7-9-25)17-24-16-29(19-27-22(4)14-15-32-27)18-26(24)23-12-10-21(3)11-13-23/h10-15,20,24-26H,5-9,16-19H2,1-4H3. The Labute approximate surface area is 198 Å². The summed E-state index contributed by atoms with van der Waals surface area (Å²) in [7, 11) is 0. The number of nitrogens with zero attached hydrogens (tertiary/aromatic N) is 2. The van der Waals surface area contributed by atoms with E-state index >= 15 is 0 Å². The van der Waals surface area contributed by atoms with Crippen LogP contribution in [0.15, 0.2) is 35.7 Å². The molecule has 3 nitrogen and oxygen atoms in total. The van der Waals surface area contributed by atoms with Gasteiger partial charge < -0.3 is 4.90 Å². The fourth-order valence-electron chi connectivity index (χ4n) is 5.63. The average molecular weight is 453 g/mol. The molecule has 1 saturated carbocycles. The number of rotatable bonds is 7. The Balaban J connectivity index is 1.57. The summed E-state index contributed by atoms with van der Waals surface area (Å²) < 4.78 is 0. The van der Waals surface area contributed by atoms with E-state index in [1.54, 1.807) is 0 Å². The van der Waals surface area contributed by atoms with Crippen molar-refractivity contribution < 1.29 is 4.79 Å². The summed E-state index contributed by atoms with van der Waals surface area (Å²) in [6, 6.07) is 11.8. The fraction of sp³-hybridized carbons (Fsp3) is 0.607. The van der Waals surface area contributed by atoms with E-state index in [0.717, 1.165) is 26.2 Å². The molecule has 2 fully saturated rings. The molecule has 1 aromatic carbocycles. The minimum Gasteiger partial charge on any atom is -0.339 e. The summed E-state index contributed by atoms with van der Waals surface area (Å²) in [6.45, 7) is 12.6. The number of hydrogen-bond donors (Lipinski definition) is 0. The molecule has 1 saturated heterocycles. The van der Waals surface area contributed by atoms with Crippen molar-refractivity contribution in [1.82, 2.24) is 9.80 Å². The van der Waals surface area contributed by atoms with Crippen LogP contribution in [-0.2, 0) is 11.3 Å². The number of carbonyl (C=O) groups excluding carboxylic acids is 1. The number of carbonyl (C=O) groups is 1. The lowest BCUT2D eigenvalue weighted by Crippen LogP contribution is -2.47. The summed E-state index contributed by atoms with van der Waals surface area (Å²) in [4.78, 5) is 19.7. The topological polar surface area (TPSA) is 23.6 Å². The molecule has 0 spiro atoms. The molecule has 0 N–H and O–H groups in total. The monoisotopic (exact) mass is 452 g/mol. The molecule has 2 unspecified atom stereocenters. The first-order chi connectivity index (χ1) is 15.4. The molecule has 1 aliphatic heterocycles. The van der Waals surface area contributed by atoms with E-state index in [0.29, 0.717) is 23.8 Å². The van der Waals surface area contributed by atoms with E-state index in [4.69, 9.17) is 0 Å². The van der Waals surface area contributed by atoms with E-state index < -0.39 is 0 Å². The minimum atomic E-state index is 0.0704. The Morgan fingerprint density at radius 3 is 2.41 bits per heavy atom. The molecule has 2 aromatic rings. The smallest absolute Gasteiger partial charge is 0.225 e. The molecule has 174 valence electrons. The van der Waals surface area contributed by atoms with Crippen LogP contribution in [-0.4, -0.2) is 41.4 Å². The van der Waals surface area contributed by atoms with E-state index in [2.05, 4.69) is 73.2 Å². The maximum atomic E-state index is 13.3. The number of likely N-dealkylation sites (tertiary alicyclic amines) is 1. The van der Waals surface area contributed by atoms with Crippen LogP contribution in [0.3, 0.4) is 0 Å². The molecule has 1 aliphatic carbocycles. The van der Waals surface area contributed by atoms with Gasteiger partial charge in [-0.15, -0.1) is 11.3 Å². The highest BCUT2D eigenvalue weighted by atomic mass is 32.1. The normalized spacial score (nSPS) is 22.5. The fourth-order valence-corrected chi connectivity index (χ4v) is 6.58. The van der Waals surface area contributed by atoms with Crippen molar-refractivity contribution in [3.05, 3.63) is 57.3 Å². The molecule has 4 rings (SSSR count). The number of hydrogen-bond acceptors (Lipinski definition) is 3. The first kappa shape index (κ1) is 23.5. The van der Waals surface area contributed by atoms with Crippen molar-refractivity contribution in [2.75, 3.05) is 19.6 Å². The SMILES string of the molecule is Cc1ccc(C2CN(Cc3sccc3C)CC2CN(C(=O)C(C)C)C2CCCCC2)cc1. The Bertz CT molecular complexity index is 881. The van der Waals surface area contributed by atoms with Crippen molar-refractivity contribution in [3.63, 3.8) is 0 Å². The first-order valence-electron chi connectivity index (χ1n) is 12.5. The Morgan fingerprint density at radius 1 is 1.06 bits per heavy atom. The number of benzene rings is 1. The lowest BCUT2D eigenvalue weighted by molar-refractivity contribution is -0.138. The molecular weight excluding hydrogens is 412 g/mol. The van der Waals surface area contributed by atoms with Gasteiger partial charge in [0.05, 0.1) is 0 Å². The van der Waals surface area contributed by atoms with Gasteiger partial charge in [0.25, 0.3) is 0 Å². The van der Waals surface area contributed by atoms with Crippen LogP contribution in [0.4, 0.5) is 0 Å². The van der Waals surface area contributed by atoms with Gasteiger partial charge in [0.15, 0.2) is 0 Å². The first-order valence-corrected chi connectivity index (χ1v) is 13.4. The van der Waals surface area contributed by atoms with Gasteiger partial charge in [-0.25, -0.2) is 0 Å². The predicted octanol–water partition coefficient (Wildman–Crippen LogP) is 6.40. The van der Waals surface area contributed by atoms with Crippen molar-refractivity contribution >= 4 is 17.2 Å². The van der Waals surface area contributed by atoms with Crippen LogP contribution in [0.2, 0.25) is 0 Å². The van der Waals surface area contributed by atoms with Gasteiger partial charge >= 0.3 is 0 Å². The summed E-state index contributed by atoms with van der Waals surface area (Å²) in [6.07, 6.45) is 6.21. The Kier molecular flexibility index (Phi) is 7.73. The largest absolute Gasteiger partial charge is 0.339 e. The second kappa shape index (κ2) is 10.5. The van der Waals surface area contributed by atoms with E-state index in [-0.39, 0.29) is 5.92 Å². The predicted molar refractivity (Wildman–Crippen MR) is 135 cm³/mol. The van der Waals surface area contributed by atoms with Crippen molar-refractivity contribution in [1.29, 1.82) is 0 Å². The minimum absolute atomic E-state index is 0.0704. The second-order valence-corrected chi connectivity index (χ2v) is 11.4. The molecule has 2 aliphatic rings. The molecule has 2 atom stereocenters. The number of aryl methyl sites for hydroxylation is 2. The molecule has 0 bridgehead atoms. The van der Waals surface area contributed by atoms with Gasteiger partial charge in [-0.3, -0.25) is 9.69 Å². The summed E-state index contributed by atoms with van der Waals surface area (Å²) in [5.41, 5.74) is 4.16. The molecule has 32 heavy (non-hydrogen) atoms. The van der Waals surface area contributed by atoms with Crippen LogP contribution in [0.5, 0.6) is 0 Å². The van der Waals surface area contributed by atoms with Crippen LogP contribution < -0.4 is 0 Å². The van der Waals surface area contributed by atoms with Crippen molar-refractivity contribution in [3.8, 4) is 0 Å². The van der Waals surface area contributed by atoms with Gasteiger partial charge in [-0.1, -0.05) is 62.9 Å². The van der Waals surface area contributed by atoms with Crippen LogP contribution in [0.1, 0.15) is 73.4 Å². The zero-order valence-electron chi connectivity index (χ0n) is 20.3. The summed E-state index contributed by atoms with van der Waals surface area (Å²) in [5.74, 6) is 1.40. The highest BCUT2D eigenvalue weighted by Crippen LogP contribution is 2.36. The van der Waals surface area contributed by atoms with Crippen molar-refractivity contribution in [2.24, 2.45) is 11.8 Å². The van der Waals surface area contributed by atoms with E-state index in [1.807, 2.05) is 11.3 Å². The number of thiophene rings is 1. The average Bonchev–Trinajstić information content (AvgIpc) is 3.38. The maximum Gasteiger partial charge on any atom is 0.225 e. The molecule has 1 aromatic heterocycles. The zero-order valence-corrected chi connectivity index (χ0v) is 21.2. The quantitative estimate of drug-likeness (QED) is 0.485. The lowest BCUT2D eigenvalue weighted by atomic mass is 9.86. The van der Waals surface area contributed by atoms with Crippen LogP contribution in [0.25, 0.3) is 0 Å². The lowest BCUT2D eigenvalue weighted by Gasteiger charge is -2.38. The third-order valence-electron chi connectivity index (χ3n) is 7.58. The van der Waals surface area contributed by atoms with Gasteiger partial charge in [0.1, 0.15) is 0 Å². The van der Waals surface area contributed by atoms with Gasteiger partial charge in [-0.2, -0.15) is 0 Å². The highest BCUT2D eigenvalue weighted by molar-refractivity contribution is 7.10. The van der Waals surface area contributed by atoms with Gasteiger partial charge in [0.2, 0.25) is 5.91 Å². The third-order valence-corrected chi connectivity index (χ3v) is 8.59. The number of amides is 1. The van der Waals surface area contributed by atoms with E-state index in [9.17, 15) is 4.79 Å². The molecule has 4 heteroatoms. The second-order valence-electron chi connectivity index (χ2n) is 10.4. The zero-order chi connectivity index (χ0) is 22.7. The highest BCUT2D eigenvalue weighted by Gasteiger charge is 2.38. The third kappa shape index (κ3) is 5.46. The maximum absolute atomic E-state index is 13.3. The molecule has 2 heterocycles. The van der Waals surface area contributed by atoms with Crippen LogP contribution >= 0.6 is 11.3 Å². The summed E-state index contributed by atoms with van der Waals surface area (Å²) >= 11 is 1.88. The molecular formula is C28H40N2OS. The van der Waals surface area contributed by atoms with Crippen LogP contribution in [0, 0.1) is 25.7 Å². The summed E-state index contributed by atoms with van der Waals surface area (Å²) in [5, 5.41) is 2.21. The molecule has 1 amide bonds. The molecule has 0 radical (unpaired) electrons. The Hall–Kier alpha value is -1.65. The van der Waals surface area contributed by atoms with Gasteiger partial charge in [0, 0.05) is 48.9 Å². The van der Waals surface area contributed by atoms with E-state index in [1.165, 1.54) is 53.7 Å². The Morgan fingerprint density at radius 2 is 1.78 bits per heavy atom.